The topological polar surface area (TPSA) is 96.6 Å². The summed E-state index contributed by atoms with van der Waals surface area (Å²) in [5, 5.41) is 19.5. The van der Waals surface area contributed by atoms with E-state index in [1.165, 1.54) is 12.3 Å². The van der Waals surface area contributed by atoms with Gasteiger partial charge in [-0.2, -0.15) is 0 Å². The van der Waals surface area contributed by atoms with Crippen LogP contribution in [0.2, 0.25) is 0 Å². The Morgan fingerprint density at radius 2 is 2.33 bits per heavy atom. The second-order valence-electron chi connectivity index (χ2n) is 4.30. The van der Waals surface area contributed by atoms with Crippen LogP contribution in [-0.2, 0) is 4.79 Å². The smallest absolute Gasteiger partial charge is 0.308 e. The van der Waals surface area contributed by atoms with Crippen molar-refractivity contribution in [2.24, 2.45) is 5.92 Å². The molecule has 0 amide bonds. The number of aromatic nitrogens is 1. The fourth-order valence-corrected chi connectivity index (χ4v) is 2.25. The number of hydrogen-bond acceptors (Lipinski definition) is 5. The van der Waals surface area contributed by atoms with Crippen molar-refractivity contribution in [3.8, 4) is 0 Å². The number of rotatable bonds is 3. The molecule has 1 aliphatic rings. The Labute approximate surface area is 103 Å². The second-order valence-corrected chi connectivity index (χ2v) is 4.30. The van der Waals surface area contributed by atoms with Crippen molar-refractivity contribution < 1.29 is 14.8 Å². The normalized spacial score (nSPS) is 23.1. The molecule has 7 nitrogen and oxygen atoms in total. The lowest BCUT2D eigenvalue weighted by molar-refractivity contribution is -0.385. The number of anilines is 1. The fourth-order valence-electron chi connectivity index (χ4n) is 2.25. The Morgan fingerprint density at radius 3 is 2.78 bits per heavy atom. The molecule has 2 heterocycles. The summed E-state index contributed by atoms with van der Waals surface area (Å²) >= 11 is 0. The van der Waals surface area contributed by atoms with Gasteiger partial charge in [0.1, 0.15) is 12.0 Å². The summed E-state index contributed by atoms with van der Waals surface area (Å²) in [5.74, 6) is -0.647. The maximum absolute atomic E-state index is 11.0. The molecule has 7 heteroatoms. The lowest BCUT2D eigenvalue weighted by Crippen LogP contribution is -2.33. The van der Waals surface area contributed by atoms with Gasteiger partial charge in [-0.1, -0.05) is 0 Å². The SMILES string of the molecule is CC1C(C(=O)O)CCN1c1ccc([N+](=O)[O-])cn1. The Kier molecular flexibility index (Phi) is 3.14. The van der Waals surface area contributed by atoms with E-state index in [-0.39, 0.29) is 11.7 Å². The fraction of sp³-hybridized carbons (Fsp3) is 0.455. The van der Waals surface area contributed by atoms with Crippen LogP contribution in [0.4, 0.5) is 11.5 Å². The first-order valence-electron chi connectivity index (χ1n) is 5.60. The third-order valence-corrected chi connectivity index (χ3v) is 3.31. The van der Waals surface area contributed by atoms with Crippen LogP contribution in [-0.4, -0.2) is 33.6 Å². The van der Waals surface area contributed by atoms with Gasteiger partial charge < -0.3 is 10.0 Å². The number of carboxylic acids is 1. The van der Waals surface area contributed by atoms with Gasteiger partial charge >= 0.3 is 5.97 Å². The molecule has 0 aromatic carbocycles. The number of aliphatic carboxylic acids is 1. The summed E-state index contributed by atoms with van der Waals surface area (Å²) in [6.45, 7) is 2.43. The average molecular weight is 251 g/mol. The Hall–Kier alpha value is -2.18. The third-order valence-electron chi connectivity index (χ3n) is 3.31. The first-order valence-corrected chi connectivity index (χ1v) is 5.60. The molecule has 96 valence electrons. The van der Waals surface area contributed by atoms with E-state index in [1.54, 1.807) is 6.07 Å². The van der Waals surface area contributed by atoms with Crippen LogP contribution < -0.4 is 4.90 Å². The highest BCUT2D eigenvalue weighted by atomic mass is 16.6. The number of carbonyl (C=O) groups is 1. The molecular formula is C11H13N3O4. The lowest BCUT2D eigenvalue weighted by atomic mass is 10.0. The number of pyridine rings is 1. The summed E-state index contributed by atoms with van der Waals surface area (Å²) in [4.78, 5) is 26.9. The van der Waals surface area contributed by atoms with Gasteiger partial charge in [0, 0.05) is 18.7 Å². The van der Waals surface area contributed by atoms with Crippen LogP contribution in [0.1, 0.15) is 13.3 Å². The summed E-state index contributed by atoms with van der Waals surface area (Å²) < 4.78 is 0. The van der Waals surface area contributed by atoms with Crippen molar-refractivity contribution in [2.45, 2.75) is 19.4 Å². The zero-order chi connectivity index (χ0) is 13.3. The molecule has 1 aromatic heterocycles. The van der Waals surface area contributed by atoms with Gasteiger partial charge in [-0.05, 0) is 19.4 Å². The molecule has 2 unspecified atom stereocenters. The second kappa shape index (κ2) is 4.59. The molecule has 1 fully saturated rings. The lowest BCUT2D eigenvalue weighted by Gasteiger charge is -2.23. The van der Waals surface area contributed by atoms with Crippen molar-refractivity contribution in [1.82, 2.24) is 4.98 Å². The number of hydrogen-bond donors (Lipinski definition) is 1. The molecule has 0 spiro atoms. The summed E-state index contributed by atoms with van der Waals surface area (Å²) in [7, 11) is 0. The van der Waals surface area contributed by atoms with Gasteiger partial charge in [0.15, 0.2) is 0 Å². The van der Waals surface area contributed by atoms with E-state index in [4.69, 9.17) is 5.11 Å². The van der Waals surface area contributed by atoms with Crippen LogP contribution in [0.25, 0.3) is 0 Å². The van der Waals surface area contributed by atoms with Crippen LogP contribution in [0.3, 0.4) is 0 Å². The summed E-state index contributed by atoms with van der Waals surface area (Å²) in [6.07, 6.45) is 1.76. The van der Waals surface area contributed by atoms with Crippen LogP contribution >= 0.6 is 0 Å². The van der Waals surface area contributed by atoms with E-state index >= 15 is 0 Å². The minimum Gasteiger partial charge on any atom is -0.481 e. The van der Waals surface area contributed by atoms with Gasteiger partial charge in [0.25, 0.3) is 5.69 Å². The van der Waals surface area contributed by atoms with Crippen molar-refractivity contribution in [2.75, 3.05) is 11.4 Å². The van der Waals surface area contributed by atoms with E-state index in [0.29, 0.717) is 18.8 Å². The molecule has 1 aliphatic heterocycles. The average Bonchev–Trinajstić information content (AvgIpc) is 2.71. The van der Waals surface area contributed by atoms with Crippen LogP contribution in [0.15, 0.2) is 18.3 Å². The Morgan fingerprint density at radius 1 is 1.61 bits per heavy atom. The number of nitrogens with zero attached hydrogens (tertiary/aromatic N) is 3. The third kappa shape index (κ3) is 2.11. The van der Waals surface area contributed by atoms with Crippen LogP contribution in [0, 0.1) is 16.0 Å². The first kappa shape index (κ1) is 12.3. The molecule has 0 bridgehead atoms. The molecule has 0 saturated carbocycles. The number of carboxylic acid groups (broad SMARTS) is 1. The minimum absolute atomic E-state index is 0.0691. The van der Waals surface area contributed by atoms with Crippen molar-refractivity contribution >= 4 is 17.5 Å². The molecule has 18 heavy (non-hydrogen) atoms. The van der Waals surface area contributed by atoms with E-state index in [9.17, 15) is 14.9 Å². The number of nitro groups is 1. The largest absolute Gasteiger partial charge is 0.481 e. The predicted octanol–water partition coefficient (Wildman–Crippen LogP) is 1.29. The maximum Gasteiger partial charge on any atom is 0.308 e. The van der Waals surface area contributed by atoms with Gasteiger partial charge in [0.2, 0.25) is 0 Å². The van der Waals surface area contributed by atoms with Gasteiger partial charge in [0.05, 0.1) is 10.8 Å². The maximum atomic E-state index is 11.0. The first-order chi connectivity index (χ1) is 8.50. The molecular weight excluding hydrogens is 238 g/mol. The predicted molar refractivity (Wildman–Crippen MR) is 63.4 cm³/mol. The van der Waals surface area contributed by atoms with E-state index < -0.39 is 16.8 Å². The van der Waals surface area contributed by atoms with E-state index in [2.05, 4.69) is 4.98 Å². The summed E-state index contributed by atoms with van der Waals surface area (Å²) in [5.41, 5.74) is -0.0691. The molecule has 0 aliphatic carbocycles. The van der Waals surface area contributed by atoms with Crippen molar-refractivity contribution in [3.05, 3.63) is 28.4 Å². The van der Waals surface area contributed by atoms with Crippen LogP contribution in [0.5, 0.6) is 0 Å². The molecule has 1 saturated heterocycles. The monoisotopic (exact) mass is 251 g/mol. The van der Waals surface area contributed by atoms with Gasteiger partial charge in [-0.15, -0.1) is 0 Å². The zero-order valence-electron chi connectivity index (χ0n) is 9.81. The highest BCUT2D eigenvalue weighted by Crippen LogP contribution is 2.29. The highest BCUT2D eigenvalue weighted by molar-refractivity contribution is 5.72. The van der Waals surface area contributed by atoms with Gasteiger partial charge in [-0.3, -0.25) is 14.9 Å². The highest BCUT2D eigenvalue weighted by Gasteiger charge is 2.36. The summed E-state index contributed by atoms with van der Waals surface area (Å²) in [6, 6.07) is 2.78. The van der Waals surface area contributed by atoms with Crippen molar-refractivity contribution in [1.29, 1.82) is 0 Å². The molecule has 2 atom stereocenters. The molecule has 1 aromatic rings. The molecule has 0 radical (unpaired) electrons. The minimum atomic E-state index is -0.813. The van der Waals surface area contributed by atoms with Crippen molar-refractivity contribution in [3.63, 3.8) is 0 Å². The Balaban J connectivity index is 2.18. The molecule has 1 N–H and O–H groups in total. The van der Waals surface area contributed by atoms with Gasteiger partial charge in [-0.25, -0.2) is 4.98 Å². The standard InChI is InChI=1S/C11H13N3O4/c1-7-9(11(15)16)4-5-13(7)10-3-2-8(6-12-10)14(17)18/h2-3,6-7,9H,4-5H2,1H3,(H,15,16). The zero-order valence-corrected chi connectivity index (χ0v) is 9.81. The molecule has 2 rings (SSSR count). The quantitative estimate of drug-likeness (QED) is 0.642. The van der Waals surface area contributed by atoms with E-state index in [0.717, 1.165) is 0 Å². The van der Waals surface area contributed by atoms with E-state index in [1.807, 2.05) is 11.8 Å². The Bertz CT molecular complexity index is 474.